The molecule has 26 heavy (non-hydrogen) atoms. The number of amides is 1. The molecule has 0 unspecified atom stereocenters. The molecule has 8 nitrogen and oxygen atoms in total. The number of rotatable bonds is 6. The standard InChI is InChI=1S/C18H23N5O3/c1-13(17(24)19-11-14-6-3-2-4-7-14)26-18(25)15-8-5-9-16(10-15)23-12-20-21-22-23/h5,8-10,12-14H,2-4,6-7,11H2,1H3,(H,19,24)/t13-/m1/s1. The largest absolute Gasteiger partial charge is 0.449 e. The average molecular weight is 357 g/mol. The Morgan fingerprint density at radius 3 is 2.85 bits per heavy atom. The molecule has 2 aromatic rings. The highest BCUT2D eigenvalue weighted by Crippen LogP contribution is 2.22. The molecule has 1 aliphatic rings. The Morgan fingerprint density at radius 1 is 1.31 bits per heavy atom. The van der Waals surface area contributed by atoms with Gasteiger partial charge in [-0.25, -0.2) is 9.48 Å². The maximum atomic E-state index is 12.3. The number of nitrogens with one attached hydrogen (secondary N) is 1. The molecule has 1 N–H and O–H groups in total. The smallest absolute Gasteiger partial charge is 0.338 e. The predicted octanol–water partition coefficient (Wildman–Crippen LogP) is 1.90. The van der Waals surface area contributed by atoms with Gasteiger partial charge in [-0.1, -0.05) is 25.3 Å². The van der Waals surface area contributed by atoms with Crippen LogP contribution in [0.1, 0.15) is 49.4 Å². The first-order valence-electron chi connectivity index (χ1n) is 8.95. The van der Waals surface area contributed by atoms with Gasteiger partial charge in [-0.15, -0.1) is 5.10 Å². The third kappa shape index (κ3) is 4.65. The monoisotopic (exact) mass is 357 g/mol. The molecule has 0 saturated heterocycles. The summed E-state index contributed by atoms with van der Waals surface area (Å²) in [5.74, 6) is -0.288. The Balaban J connectivity index is 1.53. The molecule has 1 amide bonds. The van der Waals surface area contributed by atoms with Crippen molar-refractivity contribution in [3.8, 4) is 5.69 Å². The van der Waals surface area contributed by atoms with E-state index in [1.165, 1.54) is 30.3 Å². The molecule has 0 spiro atoms. The van der Waals surface area contributed by atoms with Gasteiger partial charge in [-0.05, 0) is 54.3 Å². The Bertz CT molecular complexity index is 741. The predicted molar refractivity (Wildman–Crippen MR) is 93.6 cm³/mol. The molecule has 1 fully saturated rings. The van der Waals surface area contributed by atoms with Gasteiger partial charge in [-0.2, -0.15) is 0 Å². The molecule has 0 radical (unpaired) electrons. The van der Waals surface area contributed by atoms with Crippen LogP contribution < -0.4 is 5.32 Å². The zero-order valence-corrected chi connectivity index (χ0v) is 14.8. The van der Waals surface area contributed by atoms with Crippen LogP contribution in [0.3, 0.4) is 0 Å². The van der Waals surface area contributed by atoms with Crippen molar-refractivity contribution in [1.82, 2.24) is 25.5 Å². The van der Waals surface area contributed by atoms with E-state index in [1.807, 2.05) is 0 Å². The molecule has 1 atom stereocenters. The number of tetrazole rings is 1. The molecule has 1 aromatic heterocycles. The van der Waals surface area contributed by atoms with E-state index < -0.39 is 12.1 Å². The van der Waals surface area contributed by atoms with E-state index >= 15 is 0 Å². The van der Waals surface area contributed by atoms with Crippen LogP contribution >= 0.6 is 0 Å². The number of benzene rings is 1. The molecule has 0 bridgehead atoms. The highest BCUT2D eigenvalue weighted by atomic mass is 16.5. The van der Waals surface area contributed by atoms with Gasteiger partial charge in [0, 0.05) is 6.54 Å². The second-order valence-electron chi connectivity index (χ2n) is 6.60. The minimum Gasteiger partial charge on any atom is -0.449 e. The van der Waals surface area contributed by atoms with E-state index in [1.54, 1.807) is 31.2 Å². The highest BCUT2D eigenvalue weighted by molar-refractivity contribution is 5.92. The van der Waals surface area contributed by atoms with Gasteiger partial charge in [0.2, 0.25) is 0 Å². The minimum atomic E-state index is -0.845. The number of nitrogens with zero attached hydrogens (tertiary/aromatic N) is 4. The summed E-state index contributed by atoms with van der Waals surface area (Å²) in [6, 6.07) is 6.73. The van der Waals surface area contributed by atoms with Crippen LogP contribution in [0.15, 0.2) is 30.6 Å². The van der Waals surface area contributed by atoms with Crippen molar-refractivity contribution in [2.75, 3.05) is 6.54 Å². The van der Waals surface area contributed by atoms with Crippen LogP contribution in [-0.4, -0.2) is 44.7 Å². The Hall–Kier alpha value is -2.77. The van der Waals surface area contributed by atoms with Crippen molar-refractivity contribution in [2.45, 2.75) is 45.1 Å². The quantitative estimate of drug-likeness (QED) is 0.793. The molecule has 1 saturated carbocycles. The number of esters is 1. The van der Waals surface area contributed by atoms with Crippen molar-refractivity contribution in [1.29, 1.82) is 0 Å². The van der Waals surface area contributed by atoms with Gasteiger partial charge in [0.25, 0.3) is 5.91 Å². The SMILES string of the molecule is C[C@@H](OC(=O)c1cccc(-n2cnnn2)c1)C(=O)NCC1CCCCC1. The summed E-state index contributed by atoms with van der Waals surface area (Å²) >= 11 is 0. The first-order chi connectivity index (χ1) is 12.6. The Kier molecular flexibility index (Phi) is 5.93. The zero-order valence-electron chi connectivity index (χ0n) is 14.8. The van der Waals surface area contributed by atoms with Gasteiger partial charge in [0.05, 0.1) is 11.3 Å². The molecular formula is C18H23N5O3. The van der Waals surface area contributed by atoms with Gasteiger partial charge < -0.3 is 10.1 Å². The van der Waals surface area contributed by atoms with Gasteiger partial charge in [0.15, 0.2) is 6.10 Å². The Labute approximate surface area is 151 Å². The lowest BCUT2D eigenvalue weighted by atomic mass is 9.89. The summed E-state index contributed by atoms with van der Waals surface area (Å²) in [5.41, 5.74) is 0.976. The molecule has 1 aromatic carbocycles. The van der Waals surface area contributed by atoms with Crippen molar-refractivity contribution in [2.24, 2.45) is 5.92 Å². The van der Waals surface area contributed by atoms with Crippen LogP contribution in [0.25, 0.3) is 5.69 Å². The van der Waals surface area contributed by atoms with Gasteiger partial charge in [-0.3, -0.25) is 4.79 Å². The first kappa shape index (κ1) is 18.0. The number of carbonyl (C=O) groups excluding carboxylic acids is 2. The third-order valence-electron chi connectivity index (χ3n) is 4.64. The van der Waals surface area contributed by atoms with Crippen LogP contribution in [0.5, 0.6) is 0 Å². The normalized spacial score (nSPS) is 16.0. The van der Waals surface area contributed by atoms with Crippen molar-refractivity contribution >= 4 is 11.9 Å². The molecule has 3 rings (SSSR count). The molecule has 8 heteroatoms. The van der Waals surface area contributed by atoms with E-state index in [4.69, 9.17) is 4.74 Å². The number of hydrogen-bond donors (Lipinski definition) is 1. The average Bonchev–Trinajstić information content (AvgIpc) is 3.22. The first-order valence-corrected chi connectivity index (χ1v) is 8.95. The minimum absolute atomic E-state index is 0.263. The number of hydrogen-bond acceptors (Lipinski definition) is 6. The van der Waals surface area contributed by atoms with E-state index in [0.29, 0.717) is 23.7 Å². The van der Waals surface area contributed by atoms with E-state index in [-0.39, 0.29) is 5.91 Å². The van der Waals surface area contributed by atoms with E-state index in [2.05, 4.69) is 20.8 Å². The summed E-state index contributed by atoms with van der Waals surface area (Å²) < 4.78 is 6.74. The summed E-state index contributed by atoms with van der Waals surface area (Å²) in [6.45, 7) is 2.23. The van der Waals surface area contributed by atoms with Crippen molar-refractivity contribution in [3.05, 3.63) is 36.2 Å². The summed E-state index contributed by atoms with van der Waals surface area (Å²) in [4.78, 5) is 24.5. The maximum absolute atomic E-state index is 12.3. The van der Waals surface area contributed by atoms with Crippen LogP contribution in [0.2, 0.25) is 0 Å². The van der Waals surface area contributed by atoms with Crippen molar-refractivity contribution < 1.29 is 14.3 Å². The van der Waals surface area contributed by atoms with E-state index in [9.17, 15) is 9.59 Å². The third-order valence-corrected chi connectivity index (χ3v) is 4.64. The number of carbonyl (C=O) groups is 2. The summed E-state index contributed by atoms with van der Waals surface area (Å²) in [6.07, 6.45) is 6.62. The number of ether oxygens (including phenoxy) is 1. The topological polar surface area (TPSA) is 99.0 Å². The molecular weight excluding hydrogens is 334 g/mol. The van der Waals surface area contributed by atoms with Gasteiger partial charge >= 0.3 is 5.97 Å². The van der Waals surface area contributed by atoms with Gasteiger partial charge in [0.1, 0.15) is 6.33 Å². The second kappa shape index (κ2) is 8.55. The zero-order chi connectivity index (χ0) is 18.4. The maximum Gasteiger partial charge on any atom is 0.338 e. The highest BCUT2D eigenvalue weighted by Gasteiger charge is 2.21. The lowest BCUT2D eigenvalue weighted by Crippen LogP contribution is -2.38. The molecule has 0 aliphatic heterocycles. The molecule has 1 aliphatic carbocycles. The fraction of sp³-hybridized carbons (Fsp3) is 0.500. The summed E-state index contributed by atoms with van der Waals surface area (Å²) in [5, 5.41) is 13.8. The number of aromatic nitrogens is 4. The lowest BCUT2D eigenvalue weighted by molar-refractivity contribution is -0.129. The second-order valence-corrected chi connectivity index (χ2v) is 6.60. The molecule has 1 heterocycles. The molecule has 138 valence electrons. The fourth-order valence-electron chi connectivity index (χ4n) is 3.12. The lowest BCUT2D eigenvalue weighted by Gasteiger charge is -2.22. The van der Waals surface area contributed by atoms with Crippen LogP contribution in [0.4, 0.5) is 0 Å². The Morgan fingerprint density at radius 2 is 2.12 bits per heavy atom. The van der Waals surface area contributed by atoms with Crippen molar-refractivity contribution in [3.63, 3.8) is 0 Å². The summed E-state index contributed by atoms with van der Waals surface area (Å²) in [7, 11) is 0. The van der Waals surface area contributed by atoms with Crippen LogP contribution in [0, 0.1) is 5.92 Å². The van der Waals surface area contributed by atoms with Crippen LogP contribution in [-0.2, 0) is 9.53 Å². The van der Waals surface area contributed by atoms with E-state index in [0.717, 1.165) is 12.8 Å². The fourth-order valence-corrected chi connectivity index (χ4v) is 3.12.